The molecular formula is C12H24N4OS. The van der Waals surface area contributed by atoms with Crippen LogP contribution in [-0.4, -0.2) is 75.1 Å². The summed E-state index contributed by atoms with van der Waals surface area (Å²) in [6.07, 6.45) is 0. The Labute approximate surface area is 113 Å². The molecule has 0 aromatic rings. The molecule has 6 heteroatoms. The standard InChI is InChI=1S/C12H24N4OS/c1-2-14-9(5-13-1)10-6-17-7-11(16-10)12-8-18-4-3-15-12/h9-16H,1-8H2. The summed E-state index contributed by atoms with van der Waals surface area (Å²) in [5.41, 5.74) is 0. The first-order chi connectivity index (χ1) is 8.93. The van der Waals surface area contributed by atoms with Crippen LogP contribution in [0.15, 0.2) is 0 Å². The van der Waals surface area contributed by atoms with Gasteiger partial charge in [0.15, 0.2) is 0 Å². The van der Waals surface area contributed by atoms with E-state index >= 15 is 0 Å². The monoisotopic (exact) mass is 272 g/mol. The van der Waals surface area contributed by atoms with Crippen molar-refractivity contribution in [2.75, 3.05) is 50.9 Å². The summed E-state index contributed by atoms with van der Waals surface area (Å²) < 4.78 is 5.82. The van der Waals surface area contributed by atoms with Crippen molar-refractivity contribution in [1.82, 2.24) is 21.3 Å². The number of piperazine rings is 1. The minimum Gasteiger partial charge on any atom is -0.378 e. The number of ether oxygens (including phenoxy) is 1. The molecule has 3 rings (SSSR count). The van der Waals surface area contributed by atoms with E-state index < -0.39 is 0 Å². The molecule has 4 atom stereocenters. The van der Waals surface area contributed by atoms with Gasteiger partial charge < -0.3 is 26.0 Å². The fourth-order valence-electron chi connectivity index (χ4n) is 2.96. The van der Waals surface area contributed by atoms with E-state index in [4.69, 9.17) is 4.74 Å². The Morgan fingerprint density at radius 1 is 0.889 bits per heavy atom. The Hall–Kier alpha value is 0.150. The second-order valence-electron chi connectivity index (χ2n) is 5.32. The van der Waals surface area contributed by atoms with E-state index in [0.717, 1.165) is 39.4 Å². The van der Waals surface area contributed by atoms with E-state index in [-0.39, 0.29) is 0 Å². The van der Waals surface area contributed by atoms with Gasteiger partial charge in [-0.25, -0.2) is 0 Å². The van der Waals surface area contributed by atoms with Crippen molar-refractivity contribution >= 4 is 11.8 Å². The van der Waals surface area contributed by atoms with E-state index in [2.05, 4.69) is 21.3 Å². The highest BCUT2D eigenvalue weighted by Crippen LogP contribution is 2.14. The van der Waals surface area contributed by atoms with Gasteiger partial charge in [0.2, 0.25) is 0 Å². The van der Waals surface area contributed by atoms with Crippen molar-refractivity contribution in [3.8, 4) is 0 Å². The number of thioether (sulfide) groups is 1. The minimum atomic E-state index is 0.435. The van der Waals surface area contributed by atoms with Crippen molar-refractivity contribution in [3.05, 3.63) is 0 Å². The summed E-state index contributed by atoms with van der Waals surface area (Å²) in [6.45, 7) is 5.98. The lowest BCUT2D eigenvalue weighted by Crippen LogP contribution is -2.67. The predicted molar refractivity (Wildman–Crippen MR) is 75.3 cm³/mol. The Balaban J connectivity index is 1.53. The second-order valence-corrected chi connectivity index (χ2v) is 6.47. The molecule has 0 radical (unpaired) electrons. The lowest BCUT2D eigenvalue weighted by Gasteiger charge is -2.41. The minimum absolute atomic E-state index is 0.435. The van der Waals surface area contributed by atoms with Crippen LogP contribution >= 0.6 is 11.8 Å². The second kappa shape index (κ2) is 6.54. The average molecular weight is 272 g/mol. The number of rotatable bonds is 2. The van der Waals surface area contributed by atoms with E-state index in [1.165, 1.54) is 11.5 Å². The SMILES string of the molecule is C1CNC(C2COCC(C3CSCCN3)N2)CN1. The van der Waals surface area contributed by atoms with E-state index in [1.807, 2.05) is 11.8 Å². The zero-order valence-corrected chi connectivity index (χ0v) is 11.6. The van der Waals surface area contributed by atoms with Crippen molar-refractivity contribution < 1.29 is 4.74 Å². The van der Waals surface area contributed by atoms with Crippen LogP contribution in [0.1, 0.15) is 0 Å². The number of hydrogen-bond acceptors (Lipinski definition) is 6. The van der Waals surface area contributed by atoms with Crippen molar-refractivity contribution in [1.29, 1.82) is 0 Å². The van der Waals surface area contributed by atoms with Crippen molar-refractivity contribution in [2.24, 2.45) is 0 Å². The molecule has 3 heterocycles. The topological polar surface area (TPSA) is 57.4 Å². The third-order valence-electron chi connectivity index (χ3n) is 4.02. The van der Waals surface area contributed by atoms with Gasteiger partial charge in [0, 0.05) is 61.9 Å². The lowest BCUT2D eigenvalue weighted by molar-refractivity contribution is 0.0235. The first kappa shape index (κ1) is 13.1. The summed E-state index contributed by atoms with van der Waals surface area (Å²) in [4.78, 5) is 0. The van der Waals surface area contributed by atoms with Crippen LogP contribution in [0, 0.1) is 0 Å². The average Bonchev–Trinajstić information content (AvgIpc) is 2.49. The van der Waals surface area contributed by atoms with E-state index in [0.29, 0.717) is 24.2 Å². The third-order valence-corrected chi connectivity index (χ3v) is 5.10. The van der Waals surface area contributed by atoms with Crippen LogP contribution in [-0.2, 0) is 4.74 Å². The molecule has 18 heavy (non-hydrogen) atoms. The van der Waals surface area contributed by atoms with Crippen molar-refractivity contribution in [3.63, 3.8) is 0 Å². The van der Waals surface area contributed by atoms with Crippen LogP contribution in [0.3, 0.4) is 0 Å². The Kier molecular flexibility index (Phi) is 4.78. The summed E-state index contributed by atoms with van der Waals surface area (Å²) in [5.74, 6) is 2.44. The van der Waals surface area contributed by atoms with Gasteiger partial charge in [-0.05, 0) is 0 Å². The fraction of sp³-hybridized carbons (Fsp3) is 1.00. The molecule has 0 amide bonds. The summed E-state index contributed by atoms with van der Waals surface area (Å²) >= 11 is 2.05. The maximum absolute atomic E-state index is 5.82. The third kappa shape index (κ3) is 3.18. The maximum Gasteiger partial charge on any atom is 0.0636 e. The van der Waals surface area contributed by atoms with Gasteiger partial charge in [-0.1, -0.05) is 0 Å². The highest BCUT2D eigenvalue weighted by Gasteiger charge is 2.33. The lowest BCUT2D eigenvalue weighted by atomic mass is 10.0. The molecule has 0 aromatic carbocycles. The first-order valence-electron chi connectivity index (χ1n) is 7.02. The van der Waals surface area contributed by atoms with Crippen LogP contribution in [0.2, 0.25) is 0 Å². The molecule has 0 aliphatic carbocycles. The van der Waals surface area contributed by atoms with Crippen LogP contribution in [0.4, 0.5) is 0 Å². The molecule has 0 bridgehead atoms. The Morgan fingerprint density at radius 3 is 2.44 bits per heavy atom. The maximum atomic E-state index is 5.82. The molecule has 4 N–H and O–H groups in total. The Bertz CT molecular complexity index is 232. The molecule has 3 saturated heterocycles. The molecule has 0 aromatic heterocycles. The number of hydrogen-bond donors (Lipinski definition) is 4. The highest BCUT2D eigenvalue weighted by molar-refractivity contribution is 7.99. The normalized spacial score (nSPS) is 42.7. The largest absolute Gasteiger partial charge is 0.378 e. The van der Waals surface area contributed by atoms with Gasteiger partial charge in [-0.15, -0.1) is 0 Å². The number of nitrogens with one attached hydrogen (secondary N) is 4. The van der Waals surface area contributed by atoms with Crippen LogP contribution in [0.25, 0.3) is 0 Å². The first-order valence-corrected chi connectivity index (χ1v) is 8.18. The van der Waals surface area contributed by atoms with E-state index in [1.54, 1.807) is 0 Å². The molecule has 4 unspecified atom stereocenters. The predicted octanol–water partition coefficient (Wildman–Crippen LogP) is -1.39. The summed E-state index contributed by atoms with van der Waals surface area (Å²) in [6, 6.07) is 1.95. The fourth-order valence-corrected chi connectivity index (χ4v) is 4.00. The van der Waals surface area contributed by atoms with Gasteiger partial charge >= 0.3 is 0 Å². The van der Waals surface area contributed by atoms with E-state index in [9.17, 15) is 0 Å². The molecule has 3 aliphatic rings. The molecule has 3 fully saturated rings. The molecule has 5 nitrogen and oxygen atoms in total. The van der Waals surface area contributed by atoms with Gasteiger partial charge in [0.05, 0.1) is 13.2 Å². The molecule has 104 valence electrons. The van der Waals surface area contributed by atoms with Gasteiger partial charge in [0.25, 0.3) is 0 Å². The van der Waals surface area contributed by atoms with Gasteiger partial charge in [0.1, 0.15) is 0 Å². The summed E-state index contributed by atoms with van der Waals surface area (Å²) in [5, 5.41) is 14.4. The molecule has 0 spiro atoms. The Morgan fingerprint density at radius 2 is 1.72 bits per heavy atom. The van der Waals surface area contributed by atoms with Crippen LogP contribution < -0.4 is 21.3 Å². The quantitative estimate of drug-likeness (QED) is 0.497. The molecular weight excluding hydrogens is 248 g/mol. The zero-order chi connectivity index (χ0) is 12.2. The van der Waals surface area contributed by atoms with Gasteiger partial charge in [-0.2, -0.15) is 11.8 Å². The highest BCUT2D eigenvalue weighted by atomic mass is 32.2. The van der Waals surface area contributed by atoms with Gasteiger partial charge in [-0.3, -0.25) is 0 Å². The molecule has 3 aliphatic heterocycles. The van der Waals surface area contributed by atoms with Crippen molar-refractivity contribution in [2.45, 2.75) is 24.2 Å². The zero-order valence-electron chi connectivity index (χ0n) is 10.8. The summed E-state index contributed by atoms with van der Waals surface area (Å²) in [7, 11) is 0. The smallest absolute Gasteiger partial charge is 0.0636 e. The van der Waals surface area contributed by atoms with Crippen LogP contribution in [0.5, 0.6) is 0 Å². The number of morpholine rings is 1. The molecule has 0 saturated carbocycles.